The fourth-order valence-corrected chi connectivity index (χ4v) is 4.69. The van der Waals surface area contributed by atoms with E-state index in [-0.39, 0.29) is 11.1 Å². The van der Waals surface area contributed by atoms with Gasteiger partial charge in [0, 0.05) is 6.04 Å². The van der Waals surface area contributed by atoms with Crippen molar-refractivity contribution in [3.63, 3.8) is 0 Å². The Morgan fingerprint density at radius 1 is 1.38 bits per heavy atom. The second-order valence-corrected chi connectivity index (χ2v) is 7.51. The van der Waals surface area contributed by atoms with Crippen molar-refractivity contribution in [2.45, 2.75) is 46.1 Å². The molecule has 2 N–H and O–H groups in total. The number of anilines is 1. The molecule has 0 aliphatic heterocycles. The average molecular weight is 287 g/mol. The Morgan fingerprint density at radius 3 is 2.90 bits per heavy atom. The van der Waals surface area contributed by atoms with Gasteiger partial charge in [-0.15, -0.1) is 5.10 Å². The third-order valence-electron chi connectivity index (χ3n) is 5.84. The number of hydrogen-bond acceptors (Lipinski definition) is 4. The molecule has 2 aromatic heterocycles. The van der Waals surface area contributed by atoms with Crippen LogP contribution in [0.4, 0.5) is 5.82 Å². The highest BCUT2D eigenvalue weighted by molar-refractivity contribution is 5.44. The van der Waals surface area contributed by atoms with E-state index < -0.39 is 0 Å². The maximum Gasteiger partial charge on any atom is 0.364 e. The molecule has 6 nitrogen and oxygen atoms in total. The molecule has 0 saturated heterocycles. The lowest BCUT2D eigenvalue weighted by atomic mass is 9.68. The number of aromatic amines is 1. The summed E-state index contributed by atoms with van der Waals surface area (Å²) in [5.74, 6) is 1.53. The van der Waals surface area contributed by atoms with Gasteiger partial charge in [-0.1, -0.05) is 20.8 Å². The van der Waals surface area contributed by atoms with Crippen molar-refractivity contribution in [2.24, 2.45) is 16.7 Å². The van der Waals surface area contributed by atoms with Crippen molar-refractivity contribution in [2.75, 3.05) is 5.32 Å². The van der Waals surface area contributed by atoms with Crippen LogP contribution in [0.2, 0.25) is 0 Å². The van der Waals surface area contributed by atoms with Gasteiger partial charge in [0.1, 0.15) is 5.82 Å². The predicted octanol–water partition coefficient (Wildman–Crippen LogP) is 2.04. The fourth-order valence-electron chi connectivity index (χ4n) is 4.69. The lowest BCUT2D eigenvalue weighted by Gasteiger charge is -2.43. The molecule has 21 heavy (non-hydrogen) atoms. The minimum absolute atomic E-state index is 0.255. The molecule has 2 heterocycles. The molecule has 0 radical (unpaired) electrons. The molecular weight excluding hydrogens is 266 g/mol. The topological polar surface area (TPSA) is 75.1 Å². The molecule has 0 spiro atoms. The third kappa shape index (κ3) is 1.68. The number of aromatic nitrogens is 4. The van der Waals surface area contributed by atoms with Gasteiger partial charge in [-0.2, -0.15) is 9.61 Å². The van der Waals surface area contributed by atoms with E-state index in [9.17, 15) is 4.79 Å². The Hall–Kier alpha value is -1.85. The van der Waals surface area contributed by atoms with Crippen LogP contribution in [-0.2, 0) is 0 Å². The van der Waals surface area contributed by atoms with Crippen molar-refractivity contribution < 1.29 is 0 Å². The molecule has 2 aromatic rings. The summed E-state index contributed by atoms with van der Waals surface area (Å²) < 4.78 is 1.31. The van der Waals surface area contributed by atoms with Crippen LogP contribution in [0.25, 0.3) is 5.65 Å². The second-order valence-electron chi connectivity index (χ2n) is 7.51. The molecular formula is C15H21N5O. The monoisotopic (exact) mass is 287 g/mol. The number of fused-ring (bicyclic) bond motifs is 3. The summed E-state index contributed by atoms with van der Waals surface area (Å²) in [6.07, 6.45) is 3.88. The number of H-pyrrole nitrogens is 1. The highest BCUT2D eigenvalue weighted by Gasteiger charge is 2.59. The zero-order valence-corrected chi connectivity index (χ0v) is 12.7. The van der Waals surface area contributed by atoms with Gasteiger partial charge in [0.05, 0.1) is 0 Å². The van der Waals surface area contributed by atoms with Gasteiger partial charge in [-0.05, 0) is 48.1 Å². The van der Waals surface area contributed by atoms with Gasteiger partial charge >= 0.3 is 5.69 Å². The van der Waals surface area contributed by atoms with Crippen LogP contribution in [0.3, 0.4) is 0 Å². The predicted molar refractivity (Wildman–Crippen MR) is 80.2 cm³/mol. The van der Waals surface area contributed by atoms with Crippen LogP contribution >= 0.6 is 0 Å². The maximum atomic E-state index is 11.6. The Morgan fingerprint density at radius 2 is 2.19 bits per heavy atom. The van der Waals surface area contributed by atoms with E-state index in [1.807, 2.05) is 12.1 Å². The number of nitrogens with one attached hydrogen (secondary N) is 2. The summed E-state index contributed by atoms with van der Waals surface area (Å²) >= 11 is 0. The summed E-state index contributed by atoms with van der Waals surface area (Å²) in [7, 11) is 0. The van der Waals surface area contributed by atoms with E-state index >= 15 is 0 Å². The zero-order valence-electron chi connectivity index (χ0n) is 12.7. The molecule has 0 aromatic carbocycles. The third-order valence-corrected chi connectivity index (χ3v) is 5.84. The van der Waals surface area contributed by atoms with Crippen molar-refractivity contribution in [1.82, 2.24) is 19.8 Å². The first kappa shape index (κ1) is 12.9. The van der Waals surface area contributed by atoms with Gasteiger partial charge < -0.3 is 5.32 Å². The summed E-state index contributed by atoms with van der Waals surface area (Å²) in [5.41, 5.74) is 0.827. The van der Waals surface area contributed by atoms with Crippen LogP contribution in [-0.4, -0.2) is 25.9 Å². The van der Waals surface area contributed by atoms with Crippen LogP contribution in [0.1, 0.15) is 40.0 Å². The van der Waals surface area contributed by atoms with E-state index in [1.54, 1.807) is 0 Å². The molecule has 4 rings (SSSR count). The molecule has 2 fully saturated rings. The van der Waals surface area contributed by atoms with Gasteiger partial charge in [0.15, 0.2) is 5.65 Å². The van der Waals surface area contributed by atoms with Crippen molar-refractivity contribution in [3.05, 3.63) is 22.6 Å². The minimum atomic E-state index is -0.299. The molecule has 0 amide bonds. The van der Waals surface area contributed by atoms with E-state index in [4.69, 9.17) is 0 Å². The van der Waals surface area contributed by atoms with Gasteiger partial charge in [0.25, 0.3) is 0 Å². The molecule has 2 bridgehead atoms. The molecule has 3 unspecified atom stereocenters. The Bertz CT molecular complexity index is 756. The number of rotatable bonds is 2. The fraction of sp³-hybridized carbons (Fsp3) is 0.667. The van der Waals surface area contributed by atoms with Crippen LogP contribution < -0.4 is 11.0 Å². The van der Waals surface area contributed by atoms with E-state index in [1.165, 1.54) is 23.8 Å². The highest BCUT2D eigenvalue weighted by atomic mass is 16.2. The lowest BCUT2D eigenvalue weighted by Crippen LogP contribution is -2.46. The first-order valence-electron chi connectivity index (χ1n) is 7.61. The van der Waals surface area contributed by atoms with Crippen LogP contribution in [0.15, 0.2) is 16.9 Å². The number of nitrogens with zero attached hydrogens (tertiary/aromatic N) is 3. The standard InChI is InChI=1S/C15H21N5O/c1-14(2)9-6-7-15(3,8-9)12(14)16-10-4-5-11-17-18-13(21)20(11)19-10/h4-5,9,12H,6-8H2,1-3H3,(H,16,19)(H,18,21). The normalized spacial score (nSPS) is 33.7. The van der Waals surface area contributed by atoms with Crippen LogP contribution in [0.5, 0.6) is 0 Å². The summed E-state index contributed by atoms with van der Waals surface area (Å²) in [5, 5.41) is 14.3. The molecule has 2 saturated carbocycles. The highest BCUT2D eigenvalue weighted by Crippen LogP contribution is 2.62. The molecule has 2 aliphatic rings. The quantitative estimate of drug-likeness (QED) is 0.886. The first-order valence-corrected chi connectivity index (χ1v) is 7.61. The Labute approximate surface area is 122 Å². The van der Waals surface area contributed by atoms with E-state index in [0.717, 1.165) is 11.7 Å². The largest absolute Gasteiger partial charge is 0.365 e. The SMILES string of the molecule is CC12CCC(C1)C(C)(C)C2Nc1ccc2n[nH]c(=O)n2n1. The van der Waals surface area contributed by atoms with Gasteiger partial charge in [-0.25, -0.2) is 9.89 Å². The van der Waals surface area contributed by atoms with Crippen molar-refractivity contribution in [1.29, 1.82) is 0 Å². The molecule has 6 heteroatoms. The smallest absolute Gasteiger partial charge is 0.364 e. The number of hydrogen-bond donors (Lipinski definition) is 2. The zero-order chi connectivity index (χ0) is 14.8. The minimum Gasteiger partial charge on any atom is -0.365 e. The van der Waals surface area contributed by atoms with Gasteiger partial charge in [0.2, 0.25) is 0 Å². The average Bonchev–Trinajstić information content (AvgIpc) is 3.05. The lowest BCUT2D eigenvalue weighted by molar-refractivity contribution is 0.155. The van der Waals surface area contributed by atoms with Crippen molar-refractivity contribution in [3.8, 4) is 0 Å². The summed E-state index contributed by atoms with van der Waals surface area (Å²) in [6, 6.07) is 4.10. The molecule has 112 valence electrons. The van der Waals surface area contributed by atoms with Gasteiger partial charge in [-0.3, -0.25) is 0 Å². The Balaban J connectivity index is 1.71. The Kier molecular flexibility index (Phi) is 2.37. The van der Waals surface area contributed by atoms with Crippen molar-refractivity contribution >= 4 is 11.5 Å². The van der Waals surface area contributed by atoms with Crippen LogP contribution in [0, 0.1) is 16.7 Å². The maximum absolute atomic E-state index is 11.6. The summed E-state index contributed by atoms with van der Waals surface area (Å²) in [6.45, 7) is 7.08. The first-order chi connectivity index (χ1) is 9.90. The van der Waals surface area contributed by atoms with E-state index in [2.05, 4.69) is 41.4 Å². The molecule has 3 atom stereocenters. The summed E-state index contributed by atoms with van der Waals surface area (Å²) in [4.78, 5) is 11.6. The second kappa shape index (κ2) is 3.87. The van der Waals surface area contributed by atoms with E-state index in [0.29, 0.717) is 17.1 Å². The molecule has 2 aliphatic carbocycles.